The Labute approximate surface area is 173 Å². The number of ether oxygens (including phenoxy) is 1. The number of hydrogen-bond acceptors (Lipinski definition) is 4. The molecule has 1 aromatic rings. The maximum atomic E-state index is 13.8. The van der Waals surface area contributed by atoms with Crippen molar-refractivity contribution in [2.45, 2.75) is 31.8 Å². The second-order valence-electron chi connectivity index (χ2n) is 8.08. The van der Waals surface area contributed by atoms with Crippen molar-refractivity contribution in [3.63, 3.8) is 0 Å². The van der Waals surface area contributed by atoms with Gasteiger partial charge < -0.3 is 15.4 Å². The summed E-state index contributed by atoms with van der Waals surface area (Å²) in [5, 5.41) is 6.10. The number of carbonyl (C=O) groups is 1. The van der Waals surface area contributed by atoms with Crippen LogP contribution >= 0.6 is 0 Å². The first kappa shape index (κ1) is 21.7. The highest BCUT2D eigenvalue weighted by molar-refractivity contribution is 5.74. The molecule has 0 spiro atoms. The van der Waals surface area contributed by atoms with Crippen molar-refractivity contribution in [1.29, 1.82) is 0 Å². The molecule has 1 atom stereocenters. The van der Waals surface area contributed by atoms with E-state index >= 15 is 0 Å². The van der Waals surface area contributed by atoms with Gasteiger partial charge in [-0.2, -0.15) is 0 Å². The quantitative estimate of drug-likeness (QED) is 0.686. The predicted molar refractivity (Wildman–Crippen MR) is 112 cm³/mol. The van der Waals surface area contributed by atoms with Crippen molar-refractivity contribution in [2.75, 3.05) is 52.5 Å². The van der Waals surface area contributed by atoms with Gasteiger partial charge in [0, 0.05) is 45.3 Å². The summed E-state index contributed by atoms with van der Waals surface area (Å²) in [6.45, 7) is 12.2. The van der Waals surface area contributed by atoms with Crippen LogP contribution in [0.15, 0.2) is 36.4 Å². The summed E-state index contributed by atoms with van der Waals surface area (Å²) in [6, 6.07) is 6.59. The van der Waals surface area contributed by atoms with Gasteiger partial charge in [-0.15, -0.1) is 0 Å². The van der Waals surface area contributed by atoms with Crippen LogP contribution in [0.2, 0.25) is 0 Å². The summed E-state index contributed by atoms with van der Waals surface area (Å²) >= 11 is 0. The fourth-order valence-corrected chi connectivity index (χ4v) is 4.10. The fraction of sp³-hybridized carbons (Fsp3) is 0.591. The van der Waals surface area contributed by atoms with E-state index in [0.29, 0.717) is 19.8 Å². The lowest BCUT2D eigenvalue weighted by molar-refractivity contribution is 0.0166. The first-order valence-corrected chi connectivity index (χ1v) is 10.5. The molecule has 2 aliphatic heterocycles. The summed E-state index contributed by atoms with van der Waals surface area (Å²) < 4.78 is 19.2. The van der Waals surface area contributed by atoms with Crippen molar-refractivity contribution in [2.24, 2.45) is 0 Å². The molecule has 0 saturated carbocycles. The van der Waals surface area contributed by atoms with Gasteiger partial charge in [0.1, 0.15) is 5.82 Å². The molecule has 0 aliphatic carbocycles. The average molecular weight is 405 g/mol. The zero-order chi connectivity index (χ0) is 20.6. The molecule has 3 rings (SSSR count). The van der Waals surface area contributed by atoms with Gasteiger partial charge in [-0.1, -0.05) is 24.3 Å². The number of rotatable bonds is 7. The molecule has 0 aromatic heterocycles. The van der Waals surface area contributed by atoms with Gasteiger partial charge in [-0.05, 0) is 37.5 Å². The smallest absolute Gasteiger partial charge is 0.315 e. The zero-order valence-electron chi connectivity index (χ0n) is 17.3. The van der Waals surface area contributed by atoms with Crippen LogP contribution in [0.25, 0.3) is 0 Å². The Kier molecular flexibility index (Phi) is 8.03. The second kappa shape index (κ2) is 10.7. The maximum absolute atomic E-state index is 13.8. The number of nitrogens with one attached hydrogen (secondary N) is 2. The van der Waals surface area contributed by atoms with Crippen LogP contribution < -0.4 is 10.6 Å². The Morgan fingerprint density at radius 1 is 1.28 bits per heavy atom. The monoisotopic (exact) mass is 404 g/mol. The number of amides is 2. The number of likely N-dealkylation sites (tertiary alicyclic amines) is 1. The molecule has 2 heterocycles. The zero-order valence-corrected chi connectivity index (χ0v) is 17.3. The van der Waals surface area contributed by atoms with E-state index in [0.717, 1.165) is 51.1 Å². The number of carbonyl (C=O) groups excluding carboxylic acids is 1. The molecular formula is C22H33FN4O2. The minimum absolute atomic E-state index is 0.0715. The van der Waals surface area contributed by atoms with Crippen LogP contribution in [0.5, 0.6) is 0 Å². The van der Waals surface area contributed by atoms with Crippen LogP contribution in [0, 0.1) is 5.82 Å². The molecule has 7 heteroatoms. The Hall–Kier alpha value is -1.96. The standard InChI is InChI=1S/C22H33FN4O2/c1-17(2)16-26-8-6-20(7-9-26)25-22(28)24-15-21(27-10-12-29-13-11-27)18-4-3-5-19(23)14-18/h3-5,14,20-21H,1,6-13,15-16H2,2H3,(H2,24,25,28). The number of benzene rings is 1. The summed E-state index contributed by atoms with van der Waals surface area (Å²) in [7, 11) is 0. The molecule has 1 aromatic carbocycles. The second-order valence-corrected chi connectivity index (χ2v) is 8.08. The Balaban J connectivity index is 1.51. The van der Waals surface area contributed by atoms with Gasteiger partial charge in [0.2, 0.25) is 0 Å². The molecule has 1 unspecified atom stereocenters. The highest BCUT2D eigenvalue weighted by Gasteiger charge is 2.25. The lowest BCUT2D eigenvalue weighted by Crippen LogP contribution is -2.50. The molecule has 29 heavy (non-hydrogen) atoms. The van der Waals surface area contributed by atoms with Crippen LogP contribution in [-0.4, -0.2) is 74.4 Å². The van der Waals surface area contributed by atoms with Crippen LogP contribution in [0.3, 0.4) is 0 Å². The molecule has 0 bridgehead atoms. The van der Waals surface area contributed by atoms with Gasteiger partial charge in [-0.25, -0.2) is 9.18 Å². The van der Waals surface area contributed by atoms with Crippen LogP contribution in [-0.2, 0) is 4.74 Å². The number of piperidine rings is 1. The van der Waals surface area contributed by atoms with Gasteiger partial charge in [-0.3, -0.25) is 9.80 Å². The number of nitrogens with zero attached hydrogens (tertiary/aromatic N) is 2. The number of morpholine rings is 1. The Bertz CT molecular complexity index is 685. The number of halogens is 1. The van der Waals surface area contributed by atoms with Gasteiger partial charge in [0.05, 0.1) is 19.3 Å². The third-order valence-corrected chi connectivity index (χ3v) is 5.59. The van der Waals surface area contributed by atoms with Crippen molar-refractivity contribution in [3.8, 4) is 0 Å². The van der Waals surface area contributed by atoms with E-state index in [1.54, 1.807) is 12.1 Å². The highest BCUT2D eigenvalue weighted by atomic mass is 19.1. The number of urea groups is 1. The first-order chi connectivity index (χ1) is 14.0. The maximum Gasteiger partial charge on any atom is 0.315 e. The van der Waals surface area contributed by atoms with E-state index in [-0.39, 0.29) is 23.9 Å². The Morgan fingerprint density at radius 2 is 2.00 bits per heavy atom. The summed E-state index contributed by atoms with van der Waals surface area (Å²) in [5.41, 5.74) is 2.04. The van der Waals surface area contributed by atoms with Crippen molar-refractivity contribution in [1.82, 2.24) is 20.4 Å². The van der Waals surface area contributed by atoms with Gasteiger partial charge in [0.25, 0.3) is 0 Å². The Morgan fingerprint density at radius 3 is 2.66 bits per heavy atom. The molecular weight excluding hydrogens is 371 g/mol. The molecule has 2 N–H and O–H groups in total. The van der Waals surface area contributed by atoms with E-state index in [2.05, 4.69) is 27.0 Å². The number of hydrogen-bond donors (Lipinski definition) is 2. The van der Waals surface area contributed by atoms with Crippen LogP contribution in [0.4, 0.5) is 9.18 Å². The minimum atomic E-state index is -0.258. The van der Waals surface area contributed by atoms with E-state index in [1.165, 1.54) is 11.6 Å². The topological polar surface area (TPSA) is 56.8 Å². The largest absolute Gasteiger partial charge is 0.379 e. The molecule has 2 saturated heterocycles. The highest BCUT2D eigenvalue weighted by Crippen LogP contribution is 2.22. The van der Waals surface area contributed by atoms with E-state index in [9.17, 15) is 9.18 Å². The molecule has 160 valence electrons. The average Bonchev–Trinajstić information content (AvgIpc) is 2.70. The predicted octanol–water partition coefficient (Wildman–Crippen LogP) is 2.54. The first-order valence-electron chi connectivity index (χ1n) is 10.5. The summed E-state index contributed by atoms with van der Waals surface area (Å²) in [4.78, 5) is 17.1. The fourth-order valence-electron chi connectivity index (χ4n) is 4.10. The molecule has 2 amide bonds. The molecule has 2 fully saturated rings. The van der Waals surface area contributed by atoms with E-state index in [4.69, 9.17) is 4.74 Å². The minimum Gasteiger partial charge on any atom is -0.379 e. The van der Waals surface area contributed by atoms with E-state index < -0.39 is 0 Å². The third-order valence-electron chi connectivity index (χ3n) is 5.59. The van der Waals surface area contributed by atoms with Crippen molar-refractivity contribution in [3.05, 3.63) is 47.8 Å². The van der Waals surface area contributed by atoms with Gasteiger partial charge in [0.15, 0.2) is 0 Å². The SMILES string of the molecule is C=C(C)CN1CCC(NC(=O)NCC(c2cccc(F)c2)N2CCOCC2)CC1. The van der Waals surface area contributed by atoms with Crippen LogP contribution in [0.1, 0.15) is 31.4 Å². The van der Waals surface area contributed by atoms with Crippen molar-refractivity contribution < 1.29 is 13.9 Å². The summed E-state index contributed by atoms with van der Waals surface area (Å²) in [6.07, 6.45) is 1.88. The molecule has 0 radical (unpaired) electrons. The van der Waals surface area contributed by atoms with Crippen molar-refractivity contribution >= 4 is 6.03 Å². The lowest BCUT2D eigenvalue weighted by atomic mass is 10.0. The van der Waals surface area contributed by atoms with E-state index in [1.807, 2.05) is 13.0 Å². The third kappa shape index (κ3) is 6.80. The lowest BCUT2D eigenvalue weighted by Gasteiger charge is -2.35. The van der Waals surface area contributed by atoms with Gasteiger partial charge >= 0.3 is 6.03 Å². The summed E-state index contributed by atoms with van der Waals surface area (Å²) in [5.74, 6) is -0.258. The normalized spacial score (nSPS) is 20.2. The molecule has 2 aliphatic rings. The molecule has 6 nitrogen and oxygen atoms in total.